The fourth-order valence-corrected chi connectivity index (χ4v) is 10.9. The Balaban J connectivity index is 1.40. The first-order chi connectivity index (χ1) is 17.3. The Kier molecular flexibility index (Phi) is 3.56. The maximum Gasteiger partial charge on any atom is 0.137 e. The van der Waals surface area contributed by atoms with Crippen LogP contribution in [-0.2, 0) is 0 Å². The van der Waals surface area contributed by atoms with Crippen LogP contribution in [0, 0.1) is 0 Å². The number of anilines is 4. The topological polar surface area (TPSA) is 22.2 Å². The minimum absolute atomic E-state index is 0.295. The first-order valence-electron chi connectivity index (χ1n) is 12.9. The maximum atomic E-state index is 6.65. The lowest BCUT2D eigenvalue weighted by atomic mass is 9.87. The van der Waals surface area contributed by atoms with Gasteiger partial charge in [0.1, 0.15) is 23.6 Å². The largest absolute Gasteiger partial charge is 0.456 e. The molecule has 5 heterocycles. The first kappa shape index (κ1) is 19.1. The van der Waals surface area contributed by atoms with Crippen molar-refractivity contribution >= 4 is 41.3 Å². The number of nitrogens with zero attached hydrogens (tertiary/aromatic N) is 4. The van der Waals surface area contributed by atoms with Crippen LogP contribution in [0.15, 0.2) is 73.1 Å². The molecule has 3 aromatic rings. The number of rotatable bonds is 0. The van der Waals surface area contributed by atoms with Crippen molar-refractivity contribution in [3.8, 4) is 11.5 Å². The summed E-state index contributed by atoms with van der Waals surface area (Å²) >= 11 is 0. The van der Waals surface area contributed by atoms with Crippen LogP contribution in [-0.4, -0.2) is 29.1 Å². The molecular weight excluding hydrogens is 451 g/mol. The van der Waals surface area contributed by atoms with Gasteiger partial charge in [0.15, 0.2) is 0 Å². The third kappa shape index (κ3) is 2.20. The molecule has 1 fully saturated rings. The highest BCUT2D eigenvalue weighted by atomic mass is 31.1. The zero-order valence-corrected chi connectivity index (χ0v) is 20.6. The van der Waals surface area contributed by atoms with Crippen LogP contribution in [0.1, 0.15) is 32.6 Å². The fourth-order valence-electron chi connectivity index (χ4n) is 7.61. The Morgan fingerprint density at radius 1 is 0.743 bits per heavy atom. The molecule has 6 heteroatoms. The third-order valence-corrected chi connectivity index (χ3v) is 11.8. The van der Waals surface area contributed by atoms with Gasteiger partial charge in [0.2, 0.25) is 0 Å². The average Bonchev–Trinajstić information content (AvgIpc) is 3.54. The van der Waals surface area contributed by atoms with Gasteiger partial charge in [-0.2, -0.15) is 0 Å². The molecule has 6 aliphatic rings. The van der Waals surface area contributed by atoms with Crippen molar-refractivity contribution < 1.29 is 4.74 Å². The lowest BCUT2D eigenvalue weighted by Gasteiger charge is -2.50. The predicted octanol–water partition coefficient (Wildman–Crippen LogP) is 5.74. The van der Waals surface area contributed by atoms with Crippen LogP contribution in [0.5, 0.6) is 11.5 Å². The molecule has 5 aliphatic heterocycles. The molecule has 5 atom stereocenters. The van der Waals surface area contributed by atoms with Gasteiger partial charge in [-0.3, -0.25) is 0 Å². The van der Waals surface area contributed by atoms with Gasteiger partial charge < -0.3 is 24.3 Å². The lowest BCUT2D eigenvalue weighted by molar-refractivity contribution is 0.160. The molecular formula is C29H27N4OP. The van der Waals surface area contributed by atoms with E-state index in [1.54, 1.807) is 0 Å². The van der Waals surface area contributed by atoms with E-state index in [-0.39, 0.29) is 0 Å². The third-order valence-electron chi connectivity index (χ3n) is 8.99. The van der Waals surface area contributed by atoms with E-state index in [1.807, 2.05) is 0 Å². The van der Waals surface area contributed by atoms with Crippen molar-refractivity contribution in [2.24, 2.45) is 0 Å². The summed E-state index contributed by atoms with van der Waals surface area (Å²) in [6, 6.07) is 23.5. The zero-order chi connectivity index (χ0) is 22.8. The standard InChI is InChI=1S/C29H27N4OP/c1-18-30-16-17-31(18)23-12-6-14-25-27(23)35-28-24(13-7-15-26(28)34-25)33-22-11-5-4-10-21(22)32(29(33)35)20-9-3-2-8-19(20)30/h4-7,10-20,29H,2-3,8-9H2,1H3/t18-,19?,20?,29?,35?/m1/s1. The Morgan fingerprint density at radius 2 is 1.43 bits per heavy atom. The Labute approximate surface area is 206 Å². The van der Waals surface area contributed by atoms with Crippen molar-refractivity contribution in [3.63, 3.8) is 0 Å². The smallest absolute Gasteiger partial charge is 0.137 e. The second-order valence-electron chi connectivity index (χ2n) is 10.5. The summed E-state index contributed by atoms with van der Waals surface area (Å²) in [6.07, 6.45) is 10.1. The molecule has 35 heavy (non-hydrogen) atoms. The normalized spacial score (nSPS) is 30.1. The number of hydrogen-bond donors (Lipinski definition) is 0. The maximum absolute atomic E-state index is 6.65. The Morgan fingerprint density at radius 3 is 2.26 bits per heavy atom. The van der Waals surface area contributed by atoms with Crippen LogP contribution in [0.25, 0.3) is 0 Å². The van der Waals surface area contributed by atoms with Crippen molar-refractivity contribution in [1.82, 2.24) is 4.90 Å². The van der Waals surface area contributed by atoms with Gasteiger partial charge in [0.25, 0.3) is 0 Å². The van der Waals surface area contributed by atoms with Gasteiger partial charge in [0, 0.05) is 20.3 Å². The number of benzene rings is 3. The molecule has 1 saturated carbocycles. The number of para-hydroxylation sites is 2. The van der Waals surface area contributed by atoms with Crippen LogP contribution in [0.4, 0.5) is 22.7 Å². The highest BCUT2D eigenvalue weighted by Crippen LogP contribution is 2.66. The molecule has 0 aromatic heterocycles. The van der Waals surface area contributed by atoms with Crippen LogP contribution in [0.3, 0.4) is 0 Å². The van der Waals surface area contributed by atoms with Crippen molar-refractivity contribution in [3.05, 3.63) is 73.1 Å². The second-order valence-corrected chi connectivity index (χ2v) is 12.6. The summed E-state index contributed by atoms with van der Waals surface area (Å²) in [5.41, 5.74) is 5.41. The number of hydrogen-bond acceptors (Lipinski definition) is 5. The first-order valence-corrected chi connectivity index (χ1v) is 14.4. The van der Waals surface area contributed by atoms with Crippen LogP contribution >= 0.6 is 7.92 Å². The molecule has 3 aromatic carbocycles. The highest BCUT2D eigenvalue weighted by molar-refractivity contribution is 7.75. The number of ether oxygens (including phenoxy) is 1. The molecule has 5 nitrogen and oxygen atoms in total. The minimum Gasteiger partial charge on any atom is -0.456 e. The molecule has 0 amide bonds. The zero-order valence-electron chi connectivity index (χ0n) is 19.7. The van der Waals surface area contributed by atoms with E-state index in [4.69, 9.17) is 4.74 Å². The van der Waals surface area contributed by atoms with E-state index < -0.39 is 7.92 Å². The SMILES string of the molecule is C[C@H]1N2C=CN1C1CCCCC1N1c3ccccc3N3c4cccc5c4P(c4c(cccc42)O5)C31. The molecule has 9 rings (SSSR count). The van der Waals surface area contributed by atoms with Gasteiger partial charge in [-0.25, -0.2) is 0 Å². The predicted molar refractivity (Wildman–Crippen MR) is 143 cm³/mol. The number of fused-ring (bicyclic) bond motifs is 10. The summed E-state index contributed by atoms with van der Waals surface area (Å²) in [7, 11) is -0.671. The molecule has 0 spiro atoms. The quantitative estimate of drug-likeness (QED) is 0.383. The summed E-state index contributed by atoms with van der Waals surface area (Å²) in [4.78, 5) is 10.7. The molecule has 1 aliphatic carbocycles. The van der Waals surface area contributed by atoms with E-state index in [2.05, 4.69) is 99.6 Å². The highest BCUT2D eigenvalue weighted by Gasteiger charge is 2.57. The van der Waals surface area contributed by atoms with Gasteiger partial charge in [-0.1, -0.05) is 37.1 Å². The Bertz CT molecular complexity index is 1440. The molecule has 4 unspecified atom stereocenters. The van der Waals surface area contributed by atoms with Gasteiger partial charge in [0.05, 0.1) is 45.4 Å². The van der Waals surface area contributed by atoms with Gasteiger partial charge in [-0.05, 0) is 56.2 Å². The van der Waals surface area contributed by atoms with Gasteiger partial charge >= 0.3 is 0 Å². The second kappa shape index (κ2) is 6.53. The summed E-state index contributed by atoms with van der Waals surface area (Å²) < 4.78 is 6.65. The molecule has 0 radical (unpaired) electrons. The molecule has 2 bridgehead atoms. The van der Waals surface area contributed by atoms with E-state index in [0.29, 0.717) is 24.2 Å². The molecule has 0 saturated heterocycles. The van der Waals surface area contributed by atoms with Crippen molar-refractivity contribution in [2.75, 3.05) is 14.7 Å². The average molecular weight is 479 g/mol. The van der Waals surface area contributed by atoms with Crippen molar-refractivity contribution in [1.29, 1.82) is 0 Å². The van der Waals surface area contributed by atoms with E-state index in [0.717, 1.165) is 11.5 Å². The van der Waals surface area contributed by atoms with Crippen LogP contribution < -0.4 is 30.0 Å². The molecule has 174 valence electrons. The Hall–Kier alpha value is -3.17. The monoisotopic (exact) mass is 478 g/mol. The van der Waals surface area contributed by atoms with E-state index in [9.17, 15) is 0 Å². The molecule has 0 N–H and O–H groups in total. The van der Waals surface area contributed by atoms with Crippen molar-refractivity contribution in [2.45, 2.75) is 56.8 Å². The fraction of sp³-hybridized carbons (Fsp3) is 0.310. The lowest BCUT2D eigenvalue weighted by Crippen LogP contribution is -2.58. The van der Waals surface area contributed by atoms with E-state index in [1.165, 1.54) is 59.0 Å². The summed E-state index contributed by atoms with van der Waals surface area (Å²) in [6.45, 7) is 2.37. The van der Waals surface area contributed by atoms with Gasteiger partial charge in [-0.15, -0.1) is 0 Å². The summed E-state index contributed by atoms with van der Waals surface area (Å²) in [5.74, 6) is 2.38. The minimum atomic E-state index is -0.671. The van der Waals surface area contributed by atoms with Crippen LogP contribution in [0.2, 0.25) is 0 Å². The summed E-state index contributed by atoms with van der Waals surface area (Å²) in [5, 5.41) is 2.83. The van der Waals surface area contributed by atoms with E-state index >= 15 is 0 Å².